The van der Waals surface area contributed by atoms with E-state index in [0.717, 1.165) is 97.4 Å². The second kappa shape index (κ2) is 10.5. The van der Waals surface area contributed by atoms with Crippen LogP contribution in [0.4, 0.5) is 0 Å². The molecule has 4 aromatic heterocycles. The standard InChI is InChI=1S/C36H48O4/c1-9-33(10-2)25-17-19-27(37-25)34(11-3,12-4)29-21-23-31(39-29)36(15-7,16-8)32-24-22-30(40-32)35(13-5,14-6)28-20-18-26(33)38-28/h17-24H,9-16H2,1-8H3. The quantitative estimate of drug-likeness (QED) is 0.221. The van der Waals surface area contributed by atoms with Gasteiger partial charge in [-0.15, -0.1) is 0 Å². The first kappa shape index (κ1) is 28.6. The second-order valence-electron chi connectivity index (χ2n) is 11.8. The Bertz CT molecular complexity index is 1110. The van der Waals surface area contributed by atoms with E-state index < -0.39 is 0 Å². The van der Waals surface area contributed by atoms with Crippen LogP contribution in [0.15, 0.2) is 66.2 Å². The third kappa shape index (κ3) is 3.70. The largest absolute Gasteiger partial charge is 0.464 e. The van der Waals surface area contributed by atoms with Crippen LogP contribution in [-0.2, 0) is 21.7 Å². The Labute approximate surface area is 240 Å². The molecule has 4 nitrogen and oxygen atoms in total. The molecule has 5 rings (SSSR count). The van der Waals surface area contributed by atoms with Gasteiger partial charge >= 0.3 is 0 Å². The SMILES string of the molecule is CCC1(CC)c2ccc(o2)C(CC)(CC)c2ccc(o2)C(CC)(CC)c2ccc(o2)C(CC)(CC)c2ccc1o2. The third-order valence-corrected chi connectivity index (χ3v) is 11.0. The van der Waals surface area contributed by atoms with Gasteiger partial charge in [0.05, 0.1) is 21.7 Å². The van der Waals surface area contributed by atoms with E-state index in [1.165, 1.54) is 0 Å². The third-order valence-electron chi connectivity index (χ3n) is 11.0. The van der Waals surface area contributed by atoms with Crippen molar-refractivity contribution < 1.29 is 17.7 Å². The summed E-state index contributed by atoms with van der Waals surface area (Å²) in [5.74, 6) is 7.73. The summed E-state index contributed by atoms with van der Waals surface area (Å²) >= 11 is 0. The lowest BCUT2D eigenvalue weighted by Gasteiger charge is -2.32. The summed E-state index contributed by atoms with van der Waals surface area (Å²) in [5, 5.41) is 0. The van der Waals surface area contributed by atoms with Crippen LogP contribution >= 0.6 is 0 Å². The van der Waals surface area contributed by atoms with Crippen LogP contribution in [0.25, 0.3) is 0 Å². The molecule has 8 bridgehead atoms. The zero-order chi connectivity index (χ0) is 28.8. The molecule has 4 heteroatoms. The predicted octanol–water partition coefficient (Wildman–Crippen LogP) is 10.8. The molecular formula is C36H48O4. The lowest BCUT2D eigenvalue weighted by molar-refractivity contribution is 0.221. The number of furan rings is 4. The fourth-order valence-electron chi connectivity index (χ4n) is 7.68. The van der Waals surface area contributed by atoms with Crippen molar-refractivity contribution in [3.63, 3.8) is 0 Å². The highest BCUT2D eigenvalue weighted by atomic mass is 16.4. The average Bonchev–Trinajstić information content (AvgIpc) is 3.81. The highest BCUT2D eigenvalue weighted by molar-refractivity contribution is 5.40. The van der Waals surface area contributed by atoms with Gasteiger partial charge in [0, 0.05) is 0 Å². The van der Waals surface area contributed by atoms with E-state index >= 15 is 0 Å². The molecule has 0 spiro atoms. The molecule has 0 atom stereocenters. The molecule has 0 fully saturated rings. The van der Waals surface area contributed by atoms with E-state index in [0.29, 0.717) is 0 Å². The Kier molecular flexibility index (Phi) is 7.52. The maximum absolute atomic E-state index is 6.91. The molecule has 0 N–H and O–H groups in total. The smallest absolute Gasteiger partial charge is 0.117 e. The number of fused-ring (bicyclic) bond motifs is 8. The van der Waals surface area contributed by atoms with E-state index in [1.54, 1.807) is 0 Å². The van der Waals surface area contributed by atoms with Crippen molar-refractivity contribution in [1.82, 2.24) is 0 Å². The van der Waals surface area contributed by atoms with Crippen molar-refractivity contribution >= 4 is 0 Å². The molecule has 1 aliphatic rings. The predicted molar refractivity (Wildman–Crippen MR) is 160 cm³/mol. The highest BCUT2D eigenvalue weighted by Crippen LogP contribution is 2.50. The molecule has 0 saturated carbocycles. The van der Waals surface area contributed by atoms with Gasteiger partial charge in [0.2, 0.25) is 0 Å². The van der Waals surface area contributed by atoms with E-state index in [1.807, 2.05) is 0 Å². The first-order valence-corrected chi connectivity index (χ1v) is 15.8. The van der Waals surface area contributed by atoms with Gasteiger partial charge in [-0.3, -0.25) is 0 Å². The second-order valence-corrected chi connectivity index (χ2v) is 11.8. The van der Waals surface area contributed by atoms with Crippen LogP contribution in [0, 0.1) is 0 Å². The molecule has 0 unspecified atom stereocenters. The van der Waals surface area contributed by atoms with Crippen LogP contribution in [0.1, 0.15) is 153 Å². The van der Waals surface area contributed by atoms with Crippen molar-refractivity contribution in [1.29, 1.82) is 0 Å². The molecule has 4 aromatic rings. The summed E-state index contributed by atoms with van der Waals surface area (Å²) in [4.78, 5) is 0. The molecule has 0 aromatic carbocycles. The number of hydrogen-bond acceptors (Lipinski definition) is 4. The van der Waals surface area contributed by atoms with Crippen LogP contribution in [0.5, 0.6) is 0 Å². The van der Waals surface area contributed by atoms with Crippen LogP contribution < -0.4 is 0 Å². The average molecular weight is 545 g/mol. The molecule has 5 heterocycles. The maximum atomic E-state index is 6.91. The summed E-state index contributed by atoms with van der Waals surface area (Å²) in [6.45, 7) is 17.9. The Morgan fingerprint density at radius 1 is 0.300 bits per heavy atom. The fourth-order valence-corrected chi connectivity index (χ4v) is 7.68. The Balaban J connectivity index is 1.86. The van der Waals surface area contributed by atoms with Crippen molar-refractivity contribution in [2.24, 2.45) is 0 Å². The van der Waals surface area contributed by atoms with Crippen molar-refractivity contribution in [2.75, 3.05) is 0 Å². The van der Waals surface area contributed by atoms with Gasteiger partial charge in [-0.25, -0.2) is 0 Å². The highest BCUT2D eigenvalue weighted by Gasteiger charge is 2.46. The molecular weight excluding hydrogens is 496 g/mol. The first-order chi connectivity index (χ1) is 19.3. The van der Waals surface area contributed by atoms with Gasteiger partial charge in [-0.05, 0) is 99.9 Å². The molecule has 0 radical (unpaired) electrons. The minimum absolute atomic E-state index is 0.351. The normalized spacial score (nSPS) is 18.6. The van der Waals surface area contributed by atoms with Gasteiger partial charge in [0.15, 0.2) is 0 Å². The summed E-state index contributed by atoms with van der Waals surface area (Å²) in [6.07, 6.45) is 7.04. The lowest BCUT2D eigenvalue weighted by atomic mass is 9.77. The zero-order valence-corrected chi connectivity index (χ0v) is 25.9. The molecule has 0 saturated heterocycles. The molecule has 40 heavy (non-hydrogen) atoms. The lowest BCUT2D eigenvalue weighted by Crippen LogP contribution is -2.28. The first-order valence-electron chi connectivity index (χ1n) is 15.8. The van der Waals surface area contributed by atoms with Crippen molar-refractivity contribution in [3.05, 3.63) is 94.6 Å². The minimum Gasteiger partial charge on any atom is -0.464 e. The Morgan fingerprint density at radius 3 is 0.525 bits per heavy atom. The summed E-state index contributed by atoms with van der Waals surface area (Å²) in [6, 6.07) is 17.4. The monoisotopic (exact) mass is 544 g/mol. The Hall–Kier alpha value is -2.88. The van der Waals surface area contributed by atoms with Crippen LogP contribution in [0.2, 0.25) is 0 Å². The van der Waals surface area contributed by atoms with Gasteiger partial charge < -0.3 is 17.7 Å². The van der Waals surface area contributed by atoms with Crippen LogP contribution in [-0.4, -0.2) is 0 Å². The topological polar surface area (TPSA) is 52.6 Å². The number of rotatable bonds is 8. The Morgan fingerprint density at radius 2 is 0.425 bits per heavy atom. The minimum atomic E-state index is -0.351. The van der Waals surface area contributed by atoms with Gasteiger partial charge in [-0.2, -0.15) is 0 Å². The molecule has 1 aliphatic heterocycles. The van der Waals surface area contributed by atoms with E-state index in [9.17, 15) is 0 Å². The van der Waals surface area contributed by atoms with Crippen molar-refractivity contribution in [3.8, 4) is 0 Å². The van der Waals surface area contributed by atoms with E-state index in [-0.39, 0.29) is 21.7 Å². The summed E-state index contributed by atoms with van der Waals surface area (Å²) in [5.41, 5.74) is -1.40. The molecule has 216 valence electrons. The molecule has 0 aliphatic carbocycles. The van der Waals surface area contributed by atoms with Gasteiger partial charge in [0.25, 0.3) is 0 Å². The zero-order valence-electron chi connectivity index (χ0n) is 25.9. The van der Waals surface area contributed by atoms with E-state index in [4.69, 9.17) is 17.7 Å². The van der Waals surface area contributed by atoms with Gasteiger partial charge in [-0.1, -0.05) is 55.4 Å². The summed E-state index contributed by atoms with van der Waals surface area (Å²) < 4.78 is 27.6. The maximum Gasteiger partial charge on any atom is 0.117 e. The van der Waals surface area contributed by atoms with Gasteiger partial charge in [0.1, 0.15) is 46.1 Å². The molecule has 0 amide bonds. The number of hydrogen-bond donors (Lipinski definition) is 0. The summed E-state index contributed by atoms with van der Waals surface area (Å²) in [7, 11) is 0. The van der Waals surface area contributed by atoms with Crippen molar-refractivity contribution in [2.45, 2.75) is 128 Å². The van der Waals surface area contributed by atoms with E-state index in [2.05, 4.69) is 104 Å². The fraction of sp³-hybridized carbons (Fsp3) is 0.556. The van der Waals surface area contributed by atoms with Crippen LogP contribution in [0.3, 0.4) is 0 Å².